The van der Waals surface area contributed by atoms with Gasteiger partial charge in [0.05, 0.1) is 19.0 Å². The van der Waals surface area contributed by atoms with Crippen LogP contribution >= 0.6 is 0 Å². The SMILES string of the molecule is COc1cc(-c2ccc3ncc(NC(=O)NC4CCCCCCC4)nc3n2)ccc1O. The number of carbonyl (C=O) groups excluding carboxylic acids is 1. The number of pyridine rings is 1. The van der Waals surface area contributed by atoms with Gasteiger partial charge >= 0.3 is 6.03 Å². The highest BCUT2D eigenvalue weighted by atomic mass is 16.5. The number of carbonyl (C=O) groups is 1. The minimum atomic E-state index is -0.265. The molecule has 2 amide bonds. The van der Waals surface area contributed by atoms with Gasteiger partial charge in [0.25, 0.3) is 0 Å². The Balaban J connectivity index is 1.49. The monoisotopic (exact) mass is 421 g/mol. The van der Waals surface area contributed by atoms with Gasteiger partial charge in [0, 0.05) is 11.6 Å². The van der Waals surface area contributed by atoms with Crippen molar-refractivity contribution in [2.24, 2.45) is 0 Å². The summed E-state index contributed by atoms with van der Waals surface area (Å²) in [4.78, 5) is 25.9. The average molecular weight is 422 g/mol. The first kappa shape index (κ1) is 20.8. The van der Waals surface area contributed by atoms with E-state index in [-0.39, 0.29) is 17.8 Å². The number of hydrogen-bond acceptors (Lipinski definition) is 6. The van der Waals surface area contributed by atoms with Crippen LogP contribution in [0, 0.1) is 0 Å². The van der Waals surface area contributed by atoms with Gasteiger partial charge in [-0.1, -0.05) is 32.1 Å². The van der Waals surface area contributed by atoms with Crippen LogP contribution in [0.2, 0.25) is 0 Å². The summed E-state index contributed by atoms with van der Waals surface area (Å²) in [6.45, 7) is 0. The van der Waals surface area contributed by atoms with Gasteiger partial charge in [-0.2, -0.15) is 0 Å². The molecule has 2 heterocycles. The fourth-order valence-electron chi connectivity index (χ4n) is 3.89. The van der Waals surface area contributed by atoms with Crippen molar-refractivity contribution in [1.29, 1.82) is 0 Å². The van der Waals surface area contributed by atoms with E-state index in [1.54, 1.807) is 18.2 Å². The van der Waals surface area contributed by atoms with E-state index < -0.39 is 0 Å². The number of amides is 2. The molecule has 0 saturated heterocycles. The Kier molecular flexibility index (Phi) is 6.45. The second kappa shape index (κ2) is 9.59. The molecule has 8 heteroatoms. The largest absolute Gasteiger partial charge is 0.504 e. The number of phenolic OH excluding ortho intramolecular Hbond substituents is 1. The molecule has 2 aromatic heterocycles. The van der Waals surface area contributed by atoms with Crippen LogP contribution in [0.3, 0.4) is 0 Å². The molecule has 0 spiro atoms. The van der Waals surface area contributed by atoms with Crippen molar-refractivity contribution in [3.05, 3.63) is 36.5 Å². The van der Waals surface area contributed by atoms with Gasteiger partial charge in [-0.05, 0) is 43.2 Å². The molecule has 1 saturated carbocycles. The molecule has 4 rings (SSSR count). The van der Waals surface area contributed by atoms with Crippen LogP contribution in [0.15, 0.2) is 36.5 Å². The highest BCUT2D eigenvalue weighted by Gasteiger charge is 2.15. The van der Waals surface area contributed by atoms with E-state index in [1.807, 2.05) is 12.1 Å². The second-order valence-electron chi connectivity index (χ2n) is 7.82. The number of methoxy groups -OCH3 is 1. The van der Waals surface area contributed by atoms with Crippen molar-refractivity contribution in [1.82, 2.24) is 20.3 Å². The van der Waals surface area contributed by atoms with Gasteiger partial charge in [0.15, 0.2) is 23.0 Å². The van der Waals surface area contributed by atoms with Crippen LogP contribution in [0.4, 0.5) is 10.6 Å². The summed E-state index contributed by atoms with van der Waals surface area (Å²) in [7, 11) is 1.50. The van der Waals surface area contributed by atoms with Gasteiger partial charge < -0.3 is 15.2 Å². The molecule has 0 unspecified atom stereocenters. The lowest BCUT2D eigenvalue weighted by Gasteiger charge is -2.21. The minimum Gasteiger partial charge on any atom is -0.504 e. The fraction of sp³-hybridized carbons (Fsp3) is 0.391. The summed E-state index contributed by atoms with van der Waals surface area (Å²) in [6, 6.07) is 8.61. The van der Waals surface area contributed by atoms with E-state index in [9.17, 15) is 9.90 Å². The topological polar surface area (TPSA) is 109 Å². The Labute approximate surface area is 181 Å². The van der Waals surface area contributed by atoms with Crippen LogP contribution in [0.5, 0.6) is 11.5 Å². The maximum absolute atomic E-state index is 12.5. The van der Waals surface area contributed by atoms with Crippen LogP contribution in [0.1, 0.15) is 44.9 Å². The smallest absolute Gasteiger partial charge is 0.320 e. The third kappa shape index (κ3) is 5.20. The normalized spacial score (nSPS) is 15.1. The molecule has 3 aromatic rings. The molecule has 0 radical (unpaired) electrons. The molecular weight excluding hydrogens is 394 g/mol. The summed E-state index contributed by atoms with van der Waals surface area (Å²) < 4.78 is 5.17. The molecule has 1 aliphatic carbocycles. The Morgan fingerprint density at radius 3 is 2.61 bits per heavy atom. The van der Waals surface area contributed by atoms with Crippen molar-refractivity contribution in [3.8, 4) is 22.8 Å². The van der Waals surface area contributed by atoms with Gasteiger partial charge in [-0.3, -0.25) is 5.32 Å². The number of nitrogens with one attached hydrogen (secondary N) is 2. The van der Waals surface area contributed by atoms with E-state index in [2.05, 4.69) is 25.6 Å². The molecular formula is C23H27N5O3. The lowest BCUT2D eigenvalue weighted by atomic mass is 9.97. The number of aromatic nitrogens is 3. The molecule has 1 aromatic carbocycles. The van der Waals surface area contributed by atoms with Crippen molar-refractivity contribution in [3.63, 3.8) is 0 Å². The predicted octanol–water partition coefficient (Wildman–Crippen LogP) is 4.64. The maximum atomic E-state index is 12.5. The summed E-state index contributed by atoms with van der Waals surface area (Å²) in [5, 5.41) is 15.7. The lowest BCUT2D eigenvalue weighted by Crippen LogP contribution is -2.38. The molecule has 3 N–H and O–H groups in total. The van der Waals surface area contributed by atoms with E-state index in [0.717, 1.165) is 31.2 Å². The summed E-state index contributed by atoms with van der Waals surface area (Å²) in [5.41, 5.74) is 2.49. The quantitative estimate of drug-likeness (QED) is 0.566. The Hall–Kier alpha value is -3.42. The molecule has 8 nitrogen and oxygen atoms in total. The van der Waals surface area contributed by atoms with Crippen molar-refractivity contribution in [2.45, 2.75) is 51.0 Å². The standard InChI is InChI=1S/C23H27N5O3/c1-31-20-13-15(9-12-19(20)29)17-10-11-18-22(26-17)27-21(14-24-18)28-23(30)25-16-7-5-3-2-4-6-8-16/h9-14,16,29H,2-8H2,1H3,(H2,25,26,27,28,30). The number of benzene rings is 1. The Bertz CT molecular complexity index is 1060. The van der Waals surface area contributed by atoms with Crippen LogP contribution in [0.25, 0.3) is 22.4 Å². The summed E-state index contributed by atoms with van der Waals surface area (Å²) in [6.07, 6.45) is 9.61. The zero-order valence-electron chi connectivity index (χ0n) is 17.6. The molecule has 0 atom stereocenters. The highest BCUT2D eigenvalue weighted by Crippen LogP contribution is 2.31. The highest BCUT2D eigenvalue weighted by molar-refractivity contribution is 5.89. The molecule has 0 bridgehead atoms. The average Bonchev–Trinajstić information content (AvgIpc) is 2.75. The first-order valence-electron chi connectivity index (χ1n) is 10.7. The number of hydrogen-bond donors (Lipinski definition) is 3. The maximum Gasteiger partial charge on any atom is 0.320 e. The van der Waals surface area contributed by atoms with Gasteiger partial charge in [-0.25, -0.2) is 19.7 Å². The second-order valence-corrected chi connectivity index (χ2v) is 7.82. The number of ether oxygens (including phenoxy) is 1. The summed E-state index contributed by atoms with van der Waals surface area (Å²) in [5.74, 6) is 0.782. The van der Waals surface area contributed by atoms with E-state index >= 15 is 0 Å². The zero-order chi connectivity index (χ0) is 21.6. The number of fused-ring (bicyclic) bond motifs is 1. The van der Waals surface area contributed by atoms with Crippen molar-refractivity contribution < 1.29 is 14.6 Å². The van der Waals surface area contributed by atoms with E-state index in [0.29, 0.717) is 28.4 Å². The Morgan fingerprint density at radius 2 is 1.84 bits per heavy atom. The first-order chi connectivity index (χ1) is 15.1. The van der Waals surface area contributed by atoms with Crippen LogP contribution in [-0.4, -0.2) is 39.2 Å². The van der Waals surface area contributed by atoms with Crippen molar-refractivity contribution >= 4 is 23.0 Å². The van der Waals surface area contributed by atoms with Gasteiger partial charge in [0.2, 0.25) is 0 Å². The number of aromatic hydroxyl groups is 1. The summed E-state index contributed by atoms with van der Waals surface area (Å²) >= 11 is 0. The fourth-order valence-corrected chi connectivity index (χ4v) is 3.89. The van der Waals surface area contributed by atoms with Crippen LogP contribution in [-0.2, 0) is 0 Å². The van der Waals surface area contributed by atoms with Crippen LogP contribution < -0.4 is 15.4 Å². The third-order valence-corrected chi connectivity index (χ3v) is 5.56. The number of rotatable bonds is 4. The molecule has 1 aliphatic rings. The number of nitrogens with zero attached hydrogens (tertiary/aromatic N) is 3. The van der Waals surface area contributed by atoms with E-state index in [1.165, 1.54) is 32.6 Å². The zero-order valence-corrected chi connectivity index (χ0v) is 17.6. The van der Waals surface area contributed by atoms with Crippen molar-refractivity contribution in [2.75, 3.05) is 12.4 Å². The predicted molar refractivity (Wildman–Crippen MR) is 119 cm³/mol. The minimum absolute atomic E-state index is 0.0635. The number of phenols is 1. The molecule has 162 valence electrons. The number of urea groups is 1. The molecule has 1 fully saturated rings. The van der Waals surface area contributed by atoms with Gasteiger partial charge in [0.1, 0.15) is 5.52 Å². The Morgan fingerprint density at radius 1 is 1.06 bits per heavy atom. The van der Waals surface area contributed by atoms with E-state index in [4.69, 9.17) is 4.74 Å². The molecule has 0 aliphatic heterocycles. The lowest BCUT2D eigenvalue weighted by molar-refractivity contribution is 0.245. The number of anilines is 1. The van der Waals surface area contributed by atoms with Gasteiger partial charge in [-0.15, -0.1) is 0 Å². The first-order valence-corrected chi connectivity index (χ1v) is 10.7. The third-order valence-electron chi connectivity index (χ3n) is 5.56. The molecule has 31 heavy (non-hydrogen) atoms.